The van der Waals surface area contributed by atoms with Gasteiger partial charge in [0, 0.05) is 31.3 Å². The summed E-state index contributed by atoms with van der Waals surface area (Å²) in [4.78, 5) is 37.6. The fourth-order valence-electron chi connectivity index (χ4n) is 2.88. The van der Waals surface area contributed by atoms with E-state index >= 15 is 0 Å². The number of non-ortho nitro benzene ring substituents is 1. The number of carbonyl (C=O) groups excluding carboxylic acids is 2. The highest BCUT2D eigenvalue weighted by Gasteiger charge is 2.25. The van der Waals surface area contributed by atoms with E-state index in [1.165, 1.54) is 24.3 Å². The summed E-state index contributed by atoms with van der Waals surface area (Å²) in [5.74, 6) is 0.00244. The Bertz CT molecular complexity index is 888. The molecule has 2 aromatic carbocycles. The number of aryl methyl sites for hydroxylation is 1. The van der Waals surface area contributed by atoms with E-state index in [0.29, 0.717) is 18.7 Å². The molecule has 0 fully saturated rings. The molecule has 0 aromatic heterocycles. The average Bonchev–Trinajstić information content (AvgIpc) is 2.72. The Hall–Kier alpha value is -2.87. The Morgan fingerprint density at radius 3 is 2.59 bits per heavy atom. The third-order valence-corrected chi connectivity index (χ3v) is 5.22. The van der Waals surface area contributed by atoms with Crippen LogP contribution in [-0.2, 0) is 11.3 Å². The highest BCUT2D eigenvalue weighted by molar-refractivity contribution is 7.98. The van der Waals surface area contributed by atoms with Crippen molar-refractivity contribution < 1.29 is 14.5 Å². The first-order valence-electron chi connectivity index (χ1n) is 9.17. The number of benzene rings is 2. The molecule has 2 amide bonds. The Balaban J connectivity index is 2.14. The quantitative estimate of drug-likeness (QED) is 0.500. The molecule has 29 heavy (non-hydrogen) atoms. The van der Waals surface area contributed by atoms with E-state index in [0.717, 1.165) is 11.1 Å². The molecule has 2 rings (SSSR count). The number of amides is 2. The van der Waals surface area contributed by atoms with Gasteiger partial charge in [-0.25, -0.2) is 0 Å². The van der Waals surface area contributed by atoms with Crippen molar-refractivity contribution in [3.8, 4) is 0 Å². The normalized spacial score (nSPS) is 11.6. The first kappa shape index (κ1) is 22.4. The molecular weight excluding hydrogens is 390 g/mol. The van der Waals surface area contributed by atoms with E-state index in [1.807, 2.05) is 37.4 Å². The molecule has 0 aliphatic heterocycles. The lowest BCUT2D eigenvalue weighted by molar-refractivity contribution is -0.384. The number of hydrogen-bond donors (Lipinski definition) is 1. The van der Waals surface area contributed by atoms with E-state index in [4.69, 9.17) is 0 Å². The zero-order valence-corrected chi connectivity index (χ0v) is 17.6. The van der Waals surface area contributed by atoms with Gasteiger partial charge in [0.2, 0.25) is 5.91 Å². The molecule has 1 atom stereocenters. The van der Waals surface area contributed by atoms with Gasteiger partial charge in [0.15, 0.2) is 0 Å². The molecule has 0 spiro atoms. The Kier molecular flexibility index (Phi) is 8.21. The van der Waals surface area contributed by atoms with Crippen molar-refractivity contribution in [3.63, 3.8) is 0 Å². The number of hydrogen-bond acceptors (Lipinski definition) is 5. The molecule has 7 nitrogen and oxygen atoms in total. The lowest BCUT2D eigenvalue weighted by Gasteiger charge is -2.25. The zero-order chi connectivity index (χ0) is 21.4. The summed E-state index contributed by atoms with van der Waals surface area (Å²) in [5, 5.41) is 13.7. The van der Waals surface area contributed by atoms with E-state index in [-0.39, 0.29) is 17.2 Å². The van der Waals surface area contributed by atoms with Crippen LogP contribution in [0.25, 0.3) is 0 Å². The monoisotopic (exact) mass is 415 g/mol. The van der Waals surface area contributed by atoms with Crippen LogP contribution in [0.5, 0.6) is 0 Å². The number of thioether (sulfide) groups is 1. The molecular formula is C21H25N3O4S. The van der Waals surface area contributed by atoms with Crippen LogP contribution in [0.3, 0.4) is 0 Å². The number of likely N-dealkylation sites (N-methyl/N-ethyl adjacent to an activating group) is 1. The highest BCUT2D eigenvalue weighted by atomic mass is 32.2. The van der Waals surface area contributed by atoms with Crippen LogP contribution in [0.2, 0.25) is 0 Å². The van der Waals surface area contributed by atoms with Crippen LogP contribution in [0.1, 0.15) is 27.9 Å². The van der Waals surface area contributed by atoms with Crippen LogP contribution in [-0.4, -0.2) is 46.7 Å². The second-order valence-corrected chi connectivity index (χ2v) is 7.72. The summed E-state index contributed by atoms with van der Waals surface area (Å²) in [7, 11) is 1.71. The minimum absolute atomic E-state index is 0.155. The number of nitrogens with zero attached hydrogens (tertiary/aromatic N) is 2. The van der Waals surface area contributed by atoms with E-state index in [2.05, 4.69) is 5.32 Å². The molecule has 1 N–H and O–H groups in total. The van der Waals surface area contributed by atoms with Gasteiger partial charge in [-0.2, -0.15) is 11.8 Å². The second-order valence-electron chi connectivity index (χ2n) is 6.74. The Morgan fingerprint density at radius 2 is 1.93 bits per heavy atom. The molecule has 2 aromatic rings. The van der Waals surface area contributed by atoms with Gasteiger partial charge >= 0.3 is 0 Å². The summed E-state index contributed by atoms with van der Waals surface area (Å²) >= 11 is 1.58. The second kappa shape index (κ2) is 10.6. The third kappa shape index (κ3) is 6.32. The Morgan fingerprint density at radius 1 is 1.21 bits per heavy atom. The molecule has 0 aliphatic carbocycles. The smallest absolute Gasteiger partial charge is 0.270 e. The van der Waals surface area contributed by atoms with Gasteiger partial charge in [0.05, 0.1) is 4.92 Å². The fourth-order valence-corrected chi connectivity index (χ4v) is 3.35. The van der Waals surface area contributed by atoms with Crippen molar-refractivity contribution in [3.05, 3.63) is 75.3 Å². The van der Waals surface area contributed by atoms with Gasteiger partial charge in [0.25, 0.3) is 11.6 Å². The van der Waals surface area contributed by atoms with Crippen molar-refractivity contribution in [2.75, 3.05) is 19.1 Å². The summed E-state index contributed by atoms with van der Waals surface area (Å²) in [6.07, 6.45) is 2.40. The maximum Gasteiger partial charge on any atom is 0.270 e. The summed E-state index contributed by atoms with van der Waals surface area (Å²) in [6, 6.07) is 12.6. The van der Waals surface area contributed by atoms with Crippen LogP contribution in [0.15, 0.2) is 48.5 Å². The van der Waals surface area contributed by atoms with E-state index in [1.54, 1.807) is 23.7 Å². The van der Waals surface area contributed by atoms with Gasteiger partial charge in [-0.05, 0) is 42.5 Å². The van der Waals surface area contributed by atoms with Gasteiger partial charge in [0.1, 0.15) is 6.04 Å². The first-order valence-corrected chi connectivity index (χ1v) is 10.6. The number of nitrogens with one attached hydrogen (secondary N) is 1. The van der Waals surface area contributed by atoms with Crippen LogP contribution < -0.4 is 5.32 Å². The maximum absolute atomic E-state index is 13.0. The number of carbonyl (C=O) groups is 2. The maximum atomic E-state index is 13.0. The summed E-state index contributed by atoms with van der Waals surface area (Å²) in [6.45, 7) is 2.43. The molecule has 0 aliphatic rings. The number of rotatable bonds is 9. The summed E-state index contributed by atoms with van der Waals surface area (Å²) < 4.78 is 0. The van der Waals surface area contributed by atoms with Crippen molar-refractivity contribution in [1.82, 2.24) is 10.2 Å². The van der Waals surface area contributed by atoms with Crippen molar-refractivity contribution >= 4 is 29.3 Å². The Labute approximate surface area is 174 Å². The molecule has 154 valence electrons. The molecule has 1 unspecified atom stereocenters. The molecule has 0 saturated carbocycles. The van der Waals surface area contributed by atoms with E-state index < -0.39 is 16.9 Å². The standard InChI is InChI=1S/C21H25N3O4S/c1-15-7-4-5-8-17(15)14-23(2)21(26)19(11-12-29-3)22-20(25)16-9-6-10-18(13-16)24(27)28/h4-10,13,19H,11-12,14H2,1-3H3,(H,22,25). The van der Waals surface area contributed by atoms with Gasteiger partial charge < -0.3 is 10.2 Å². The SMILES string of the molecule is CSCCC(NC(=O)c1cccc([N+](=O)[O-])c1)C(=O)N(C)Cc1ccccc1C. The largest absolute Gasteiger partial charge is 0.340 e. The van der Waals surface area contributed by atoms with Crippen LogP contribution in [0.4, 0.5) is 5.69 Å². The minimum atomic E-state index is -0.705. The van der Waals surface area contributed by atoms with Crippen molar-refractivity contribution in [2.24, 2.45) is 0 Å². The lowest BCUT2D eigenvalue weighted by atomic mass is 10.1. The van der Waals surface area contributed by atoms with Crippen molar-refractivity contribution in [2.45, 2.75) is 25.9 Å². The molecule has 0 saturated heterocycles. The minimum Gasteiger partial charge on any atom is -0.340 e. The highest BCUT2D eigenvalue weighted by Crippen LogP contribution is 2.15. The fraction of sp³-hybridized carbons (Fsp3) is 0.333. The molecule has 0 bridgehead atoms. The molecule has 8 heteroatoms. The molecule has 0 radical (unpaired) electrons. The van der Waals surface area contributed by atoms with Crippen molar-refractivity contribution in [1.29, 1.82) is 0 Å². The van der Waals surface area contributed by atoms with Crippen LogP contribution >= 0.6 is 11.8 Å². The number of nitro benzene ring substituents is 1. The summed E-state index contributed by atoms with van der Waals surface area (Å²) in [5.41, 5.74) is 2.12. The predicted octanol–water partition coefficient (Wildman–Crippen LogP) is 3.41. The first-order chi connectivity index (χ1) is 13.8. The molecule has 0 heterocycles. The predicted molar refractivity (Wildman–Crippen MR) is 115 cm³/mol. The van der Waals surface area contributed by atoms with Gasteiger partial charge in [-0.15, -0.1) is 0 Å². The van der Waals surface area contributed by atoms with Gasteiger partial charge in [-0.1, -0.05) is 30.3 Å². The zero-order valence-electron chi connectivity index (χ0n) is 16.8. The number of nitro groups is 1. The lowest BCUT2D eigenvalue weighted by Crippen LogP contribution is -2.47. The van der Waals surface area contributed by atoms with Crippen LogP contribution in [0, 0.1) is 17.0 Å². The van der Waals surface area contributed by atoms with Gasteiger partial charge in [-0.3, -0.25) is 19.7 Å². The van der Waals surface area contributed by atoms with E-state index in [9.17, 15) is 19.7 Å². The topological polar surface area (TPSA) is 92.5 Å². The average molecular weight is 416 g/mol. The third-order valence-electron chi connectivity index (χ3n) is 4.58.